The summed E-state index contributed by atoms with van der Waals surface area (Å²) in [7, 11) is 0. The lowest BCUT2D eigenvalue weighted by atomic mass is 10.2. The highest BCUT2D eigenvalue weighted by atomic mass is 16.4. The van der Waals surface area contributed by atoms with Gasteiger partial charge in [0.2, 0.25) is 0 Å². The first-order valence-corrected chi connectivity index (χ1v) is 8.63. The van der Waals surface area contributed by atoms with E-state index in [1.54, 1.807) is 12.1 Å². The maximum absolute atomic E-state index is 10.9. The van der Waals surface area contributed by atoms with Gasteiger partial charge in [0, 0.05) is 45.8 Å². The molecule has 0 bridgehead atoms. The van der Waals surface area contributed by atoms with Crippen molar-refractivity contribution in [2.24, 2.45) is 0 Å². The van der Waals surface area contributed by atoms with Crippen LogP contribution in [0.3, 0.4) is 0 Å². The zero-order chi connectivity index (χ0) is 17.5. The molecule has 2 N–H and O–H groups in total. The van der Waals surface area contributed by atoms with Gasteiger partial charge in [-0.15, -0.1) is 0 Å². The number of anilines is 1. The number of aromatic nitrogens is 1. The van der Waals surface area contributed by atoms with Gasteiger partial charge in [-0.05, 0) is 17.7 Å². The molecule has 1 aromatic carbocycles. The third-order valence-corrected chi connectivity index (χ3v) is 4.42. The number of aromatic carboxylic acids is 1. The van der Waals surface area contributed by atoms with E-state index in [1.165, 1.54) is 11.6 Å². The van der Waals surface area contributed by atoms with Crippen molar-refractivity contribution >= 4 is 11.8 Å². The van der Waals surface area contributed by atoms with Crippen LogP contribution >= 0.6 is 0 Å². The maximum atomic E-state index is 10.9. The van der Waals surface area contributed by atoms with Crippen LogP contribution in [0.4, 0.5) is 5.82 Å². The van der Waals surface area contributed by atoms with Gasteiger partial charge >= 0.3 is 5.97 Å². The fraction of sp³-hybridized carbons (Fsp3) is 0.368. The molecule has 1 aliphatic heterocycles. The average molecular weight is 340 g/mol. The summed E-state index contributed by atoms with van der Waals surface area (Å²) in [4.78, 5) is 19.9. The molecule has 1 fully saturated rings. The summed E-state index contributed by atoms with van der Waals surface area (Å²) in [6, 6.07) is 15.6. The lowest BCUT2D eigenvalue weighted by molar-refractivity contribution is 0.0690. The van der Waals surface area contributed by atoms with Crippen LogP contribution < -0.4 is 5.32 Å². The van der Waals surface area contributed by atoms with E-state index in [1.807, 2.05) is 0 Å². The minimum absolute atomic E-state index is 0.0690. The van der Waals surface area contributed by atoms with Crippen molar-refractivity contribution in [2.75, 3.05) is 44.6 Å². The average Bonchev–Trinajstić information content (AvgIpc) is 2.64. The van der Waals surface area contributed by atoms with Crippen molar-refractivity contribution in [1.82, 2.24) is 14.8 Å². The van der Waals surface area contributed by atoms with E-state index in [0.717, 1.165) is 45.8 Å². The van der Waals surface area contributed by atoms with Crippen LogP contribution in [0, 0.1) is 0 Å². The predicted octanol–water partition coefficient (Wildman–Crippen LogP) is 2.01. The quantitative estimate of drug-likeness (QED) is 0.804. The molecule has 1 saturated heterocycles. The van der Waals surface area contributed by atoms with Crippen LogP contribution in [0.1, 0.15) is 16.1 Å². The van der Waals surface area contributed by atoms with Gasteiger partial charge in [-0.1, -0.05) is 36.4 Å². The Morgan fingerprint density at radius 1 is 1.00 bits per heavy atom. The van der Waals surface area contributed by atoms with Gasteiger partial charge in [-0.25, -0.2) is 9.78 Å². The Bertz CT molecular complexity index is 685. The molecule has 0 amide bonds. The van der Waals surface area contributed by atoms with E-state index in [4.69, 9.17) is 5.11 Å². The number of nitrogens with zero attached hydrogens (tertiary/aromatic N) is 3. The number of carboxylic acids is 1. The Kier molecular flexibility index (Phi) is 5.98. The van der Waals surface area contributed by atoms with Crippen molar-refractivity contribution in [2.45, 2.75) is 6.54 Å². The minimum Gasteiger partial charge on any atom is -0.477 e. The molecule has 1 aliphatic rings. The number of nitrogens with one attached hydrogen (secondary N) is 1. The summed E-state index contributed by atoms with van der Waals surface area (Å²) < 4.78 is 0. The van der Waals surface area contributed by atoms with Gasteiger partial charge in [0.25, 0.3) is 0 Å². The van der Waals surface area contributed by atoms with E-state index in [2.05, 4.69) is 50.4 Å². The summed E-state index contributed by atoms with van der Waals surface area (Å²) in [5, 5.41) is 12.2. The van der Waals surface area contributed by atoms with Crippen molar-refractivity contribution in [1.29, 1.82) is 0 Å². The van der Waals surface area contributed by atoms with Crippen LogP contribution in [-0.4, -0.2) is 65.1 Å². The molecule has 2 heterocycles. The molecule has 2 aromatic rings. The summed E-state index contributed by atoms with van der Waals surface area (Å²) in [6.45, 7) is 6.95. The molecule has 0 saturated carbocycles. The molecule has 0 atom stereocenters. The predicted molar refractivity (Wildman–Crippen MR) is 97.8 cm³/mol. The second kappa shape index (κ2) is 8.60. The molecule has 0 radical (unpaired) electrons. The van der Waals surface area contributed by atoms with E-state index < -0.39 is 5.97 Å². The number of pyridine rings is 1. The number of carbonyl (C=O) groups is 1. The Morgan fingerprint density at radius 3 is 2.44 bits per heavy atom. The monoisotopic (exact) mass is 340 g/mol. The van der Waals surface area contributed by atoms with Gasteiger partial charge in [-0.3, -0.25) is 9.80 Å². The van der Waals surface area contributed by atoms with Gasteiger partial charge in [0.15, 0.2) is 5.69 Å². The van der Waals surface area contributed by atoms with Gasteiger partial charge in [0.1, 0.15) is 5.82 Å². The molecule has 0 unspecified atom stereocenters. The Hall–Kier alpha value is -2.44. The van der Waals surface area contributed by atoms with Crippen LogP contribution in [-0.2, 0) is 6.54 Å². The van der Waals surface area contributed by atoms with Crippen LogP contribution in [0.25, 0.3) is 0 Å². The van der Waals surface area contributed by atoms with Crippen LogP contribution in [0.15, 0.2) is 48.5 Å². The molecule has 0 spiro atoms. The van der Waals surface area contributed by atoms with E-state index in [9.17, 15) is 4.79 Å². The fourth-order valence-electron chi connectivity index (χ4n) is 3.01. The number of hydrogen-bond acceptors (Lipinski definition) is 5. The summed E-state index contributed by atoms with van der Waals surface area (Å²) in [5.41, 5.74) is 1.43. The fourth-order valence-corrected chi connectivity index (χ4v) is 3.01. The Labute approximate surface area is 148 Å². The molecule has 25 heavy (non-hydrogen) atoms. The number of benzene rings is 1. The first kappa shape index (κ1) is 17.4. The summed E-state index contributed by atoms with van der Waals surface area (Å²) in [5.74, 6) is -0.388. The molecule has 1 aromatic heterocycles. The lowest BCUT2D eigenvalue weighted by Crippen LogP contribution is -2.47. The SMILES string of the molecule is O=C(O)c1cccc(NCCN2CCN(Cc3ccccc3)CC2)n1. The van der Waals surface area contributed by atoms with Crippen molar-refractivity contribution in [3.05, 3.63) is 59.8 Å². The first-order valence-electron chi connectivity index (χ1n) is 8.63. The number of piperazine rings is 1. The first-order chi connectivity index (χ1) is 12.2. The zero-order valence-corrected chi connectivity index (χ0v) is 14.3. The normalized spacial score (nSPS) is 15.8. The standard InChI is InChI=1S/C19H24N4O2/c24-19(25)17-7-4-8-18(21-17)20-9-10-22-11-13-23(14-12-22)15-16-5-2-1-3-6-16/h1-8H,9-15H2,(H,20,21)(H,24,25). The smallest absolute Gasteiger partial charge is 0.354 e. The Balaban J connectivity index is 1.38. The number of carboxylic acid groups (broad SMARTS) is 1. The van der Waals surface area contributed by atoms with Crippen molar-refractivity contribution < 1.29 is 9.90 Å². The second-order valence-electron chi connectivity index (χ2n) is 6.24. The molecule has 3 rings (SSSR count). The highest BCUT2D eigenvalue weighted by Gasteiger charge is 2.16. The third kappa shape index (κ3) is 5.27. The van der Waals surface area contributed by atoms with Crippen molar-refractivity contribution in [3.63, 3.8) is 0 Å². The third-order valence-electron chi connectivity index (χ3n) is 4.42. The topological polar surface area (TPSA) is 68.7 Å². The Morgan fingerprint density at radius 2 is 1.72 bits per heavy atom. The summed E-state index contributed by atoms with van der Waals surface area (Å²) in [6.07, 6.45) is 0. The highest BCUT2D eigenvalue weighted by molar-refractivity contribution is 5.85. The van der Waals surface area contributed by atoms with E-state index >= 15 is 0 Å². The minimum atomic E-state index is -1.00. The van der Waals surface area contributed by atoms with Gasteiger partial charge in [-0.2, -0.15) is 0 Å². The molecule has 132 valence electrons. The lowest BCUT2D eigenvalue weighted by Gasteiger charge is -2.34. The van der Waals surface area contributed by atoms with Crippen LogP contribution in [0.2, 0.25) is 0 Å². The van der Waals surface area contributed by atoms with E-state index in [0.29, 0.717) is 5.82 Å². The molecule has 6 heteroatoms. The van der Waals surface area contributed by atoms with Gasteiger partial charge < -0.3 is 10.4 Å². The highest BCUT2D eigenvalue weighted by Crippen LogP contribution is 2.09. The van der Waals surface area contributed by atoms with Crippen molar-refractivity contribution in [3.8, 4) is 0 Å². The molecule has 6 nitrogen and oxygen atoms in total. The number of rotatable bonds is 7. The zero-order valence-electron chi connectivity index (χ0n) is 14.3. The largest absolute Gasteiger partial charge is 0.477 e. The van der Waals surface area contributed by atoms with Crippen LogP contribution in [0.5, 0.6) is 0 Å². The second-order valence-corrected chi connectivity index (χ2v) is 6.24. The molecule has 0 aliphatic carbocycles. The molecular weight excluding hydrogens is 316 g/mol. The summed E-state index contributed by atoms with van der Waals surface area (Å²) >= 11 is 0. The molecular formula is C19H24N4O2. The van der Waals surface area contributed by atoms with Gasteiger partial charge in [0.05, 0.1) is 0 Å². The number of hydrogen-bond donors (Lipinski definition) is 2. The maximum Gasteiger partial charge on any atom is 0.354 e. The van der Waals surface area contributed by atoms with E-state index in [-0.39, 0.29) is 5.69 Å².